The van der Waals surface area contributed by atoms with Crippen LogP contribution < -0.4 is 0 Å². The van der Waals surface area contributed by atoms with Gasteiger partial charge in [0.15, 0.2) is 21.7 Å². The van der Waals surface area contributed by atoms with Gasteiger partial charge in [-0.2, -0.15) is 13.2 Å². The molecule has 0 saturated heterocycles. The van der Waals surface area contributed by atoms with Crippen molar-refractivity contribution in [3.8, 4) is 0 Å². The van der Waals surface area contributed by atoms with E-state index in [1.165, 1.54) is 0 Å². The Morgan fingerprint density at radius 3 is 1.55 bits per heavy atom. The molecule has 0 N–H and O–H groups in total. The maximum atomic E-state index is 11.6. The van der Waals surface area contributed by atoms with Gasteiger partial charge in [-0.1, -0.05) is 20.8 Å². The molecule has 20 heavy (non-hydrogen) atoms. The van der Waals surface area contributed by atoms with E-state index in [0.717, 1.165) is 17.3 Å². The van der Waals surface area contributed by atoms with Gasteiger partial charge in [-0.15, -0.1) is 0 Å². The fraction of sp³-hybridized carbons (Fsp3) is 0.909. The first-order chi connectivity index (χ1) is 8.66. The smallest absolute Gasteiger partial charge is 0.485 e. The fourth-order valence-corrected chi connectivity index (χ4v) is 2.43. The van der Waals surface area contributed by atoms with Crippen molar-refractivity contribution >= 4 is 26.8 Å². The van der Waals surface area contributed by atoms with Crippen LogP contribution in [0.15, 0.2) is 0 Å². The predicted molar refractivity (Wildman–Crippen MR) is 73.5 cm³/mol. The van der Waals surface area contributed by atoms with E-state index >= 15 is 0 Å². The van der Waals surface area contributed by atoms with Gasteiger partial charge in [-0.05, 0) is 24.7 Å². The minimum Gasteiger partial charge on any atom is -0.741 e. The van der Waals surface area contributed by atoms with Crippen molar-refractivity contribution in [2.45, 2.75) is 40.1 Å². The second kappa shape index (κ2) is 8.23. The van der Waals surface area contributed by atoms with Crippen molar-refractivity contribution in [3.63, 3.8) is 0 Å². The van der Waals surface area contributed by atoms with Crippen LogP contribution in [0.4, 0.5) is 13.2 Å². The Morgan fingerprint density at radius 2 is 1.40 bits per heavy atom. The Morgan fingerprint density at radius 1 is 1.10 bits per heavy atom. The molecule has 0 radical (unpaired) electrons. The molecular formula is C11H21F3O4S2. The van der Waals surface area contributed by atoms with Gasteiger partial charge >= 0.3 is 5.51 Å². The monoisotopic (exact) mass is 338 g/mol. The summed E-state index contributed by atoms with van der Waals surface area (Å²) in [6, 6.07) is 0. The van der Waals surface area contributed by atoms with Crippen LogP contribution in [0.1, 0.15) is 34.6 Å². The van der Waals surface area contributed by atoms with Gasteiger partial charge in [0.25, 0.3) is 0 Å². The Kier molecular flexibility index (Phi) is 9.06. The van der Waals surface area contributed by atoms with Gasteiger partial charge in [0, 0.05) is 5.41 Å². The summed E-state index contributed by atoms with van der Waals surface area (Å²) in [6.45, 7) is 10.3. The van der Waals surface area contributed by atoms with E-state index in [1.54, 1.807) is 0 Å². The van der Waals surface area contributed by atoms with Crippen LogP contribution in [0, 0.1) is 5.41 Å². The molecule has 0 aliphatic heterocycles. The number of alkyl halides is 3. The van der Waals surface area contributed by atoms with Crippen molar-refractivity contribution in [2.75, 3.05) is 17.3 Å². The molecule has 0 aromatic carbocycles. The highest BCUT2D eigenvalue weighted by Gasteiger charge is 2.36. The van der Waals surface area contributed by atoms with Crippen LogP contribution >= 0.6 is 0 Å². The zero-order valence-electron chi connectivity index (χ0n) is 12.2. The molecule has 0 aromatic rings. The second-order valence-electron chi connectivity index (χ2n) is 4.91. The summed E-state index contributed by atoms with van der Waals surface area (Å²) in [5.41, 5.74) is -5.79. The highest BCUT2D eigenvalue weighted by molar-refractivity contribution is 7.97. The number of ketones is 1. The molecule has 0 aromatic heterocycles. The average molecular weight is 338 g/mol. The molecule has 0 aliphatic rings. The van der Waals surface area contributed by atoms with Crippen molar-refractivity contribution in [3.05, 3.63) is 0 Å². The molecule has 0 unspecified atom stereocenters. The third-order valence-corrected chi connectivity index (χ3v) is 5.14. The van der Waals surface area contributed by atoms with Crippen LogP contribution in [0.2, 0.25) is 0 Å². The predicted octanol–water partition coefficient (Wildman–Crippen LogP) is 2.31. The van der Waals surface area contributed by atoms with E-state index in [-0.39, 0.29) is 5.41 Å². The van der Waals surface area contributed by atoms with Crippen LogP contribution in [-0.4, -0.2) is 41.5 Å². The minimum absolute atomic E-state index is 0.143. The van der Waals surface area contributed by atoms with Crippen molar-refractivity contribution < 1.29 is 30.9 Å². The number of hydrogen-bond donors (Lipinski definition) is 0. The van der Waals surface area contributed by atoms with Crippen molar-refractivity contribution in [1.82, 2.24) is 0 Å². The van der Waals surface area contributed by atoms with E-state index in [9.17, 15) is 18.0 Å². The number of Topliss-reactive ketones (excluding diaryl/α,β-unsaturated/α-hetero) is 1. The number of halogens is 3. The molecule has 0 atom stereocenters. The standard InChI is InChI=1S/C10H21OS.CHF3O3S/c1-6-12(7-2)8-9(11)10(3,4)5;2-1(3,4)8(5,6)7/h6-8H2,1-5H3;(H,5,6,7)/q+1;/p-1. The van der Waals surface area contributed by atoms with Crippen LogP contribution in [-0.2, 0) is 25.8 Å². The molecule has 9 heteroatoms. The molecule has 4 nitrogen and oxygen atoms in total. The number of carbonyl (C=O) groups excluding carboxylic acids is 1. The van der Waals surface area contributed by atoms with Gasteiger partial charge in [0.1, 0.15) is 11.5 Å². The van der Waals surface area contributed by atoms with E-state index in [0.29, 0.717) is 16.7 Å². The number of carbonyl (C=O) groups is 1. The number of hydrogen-bond acceptors (Lipinski definition) is 4. The highest BCUT2D eigenvalue weighted by Crippen LogP contribution is 2.20. The first-order valence-corrected chi connectivity index (χ1v) is 9.00. The molecule has 122 valence electrons. The van der Waals surface area contributed by atoms with Gasteiger partial charge in [0.05, 0.1) is 0 Å². The molecule has 0 bridgehead atoms. The highest BCUT2D eigenvalue weighted by atomic mass is 32.2. The van der Waals surface area contributed by atoms with E-state index in [2.05, 4.69) is 13.8 Å². The van der Waals surface area contributed by atoms with Gasteiger partial charge < -0.3 is 4.55 Å². The van der Waals surface area contributed by atoms with Gasteiger partial charge in [-0.25, -0.2) is 8.42 Å². The van der Waals surface area contributed by atoms with E-state index < -0.39 is 15.6 Å². The maximum absolute atomic E-state index is 11.6. The lowest BCUT2D eigenvalue weighted by Gasteiger charge is -2.15. The molecule has 0 amide bonds. The van der Waals surface area contributed by atoms with Gasteiger partial charge in [0.2, 0.25) is 0 Å². The van der Waals surface area contributed by atoms with Crippen LogP contribution in [0.25, 0.3) is 0 Å². The Labute approximate surface area is 121 Å². The minimum atomic E-state index is -6.09. The third kappa shape index (κ3) is 9.60. The van der Waals surface area contributed by atoms with E-state index in [1.807, 2.05) is 20.8 Å². The zero-order chi connectivity index (χ0) is 16.8. The summed E-state index contributed by atoms with van der Waals surface area (Å²) in [5, 5.41) is 0. The summed E-state index contributed by atoms with van der Waals surface area (Å²) < 4.78 is 58.9. The van der Waals surface area contributed by atoms with E-state index in [4.69, 9.17) is 13.0 Å². The van der Waals surface area contributed by atoms with Crippen LogP contribution in [0.5, 0.6) is 0 Å². The van der Waals surface area contributed by atoms with Gasteiger partial charge in [-0.3, -0.25) is 4.79 Å². The lowest BCUT2D eigenvalue weighted by molar-refractivity contribution is -0.123. The summed E-state index contributed by atoms with van der Waals surface area (Å²) >= 11 is 0. The molecule has 0 rings (SSSR count). The topological polar surface area (TPSA) is 74.3 Å². The zero-order valence-corrected chi connectivity index (χ0v) is 13.8. The fourth-order valence-electron chi connectivity index (χ4n) is 0.810. The Balaban J connectivity index is 0. The van der Waals surface area contributed by atoms with Crippen molar-refractivity contribution in [1.29, 1.82) is 0 Å². The summed E-state index contributed by atoms with van der Waals surface area (Å²) in [6.07, 6.45) is 0. The summed E-state index contributed by atoms with van der Waals surface area (Å²) in [4.78, 5) is 11.6. The first-order valence-electron chi connectivity index (χ1n) is 5.86. The molecule has 0 aliphatic carbocycles. The number of rotatable bonds is 4. The normalized spacial score (nSPS) is 12.9. The lowest BCUT2D eigenvalue weighted by atomic mass is 9.92. The second-order valence-corrected chi connectivity index (χ2v) is 8.95. The average Bonchev–Trinajstić information content (AvgIpc) is 2.22. The lowest BCUT2D eigenvalue weighted by Crippen LogP contribution is -2.29. The largest absolute Gasteiger partial charge is 0.741 e. The maximum Gasteiger partial charge on any atom is 0.485 e. The molecule has 0 spiro atoms. The SMILES string of the molecule is CC[S+](CC)CC(=O)C(C)(C)C.O=S(=O)([O-])C(F)(F)F. The van der Waals surface area contributed by atoms with Crippen molar-refractivity contribution in [2.24, 2.45) is 5.41 Å². The molecule has 0 fully saturated rings. The molecule has 0 heterocycles. The Hall–Kier alpha value is -0.280. The quantitative estimate of drug-likeness (QED) is 0.448. The molecule has 0 saturated carbocycles. The summed E-state index contributed by atoms with van der Waals surface area (Å²) in [7, 11) is -5.75. The molecular weight excluding hydrogens is 317 g/mol. The summed E-state index contributed by atoms with van der Waals surface area (Å²) in [5.74, 6) is 3.50. The first kappa shape index (κ1) is 22.0. The Bertz CT molecular complexity index is 393. The van der Waals surface area contributed by atoms with Crippen LogP contribution in [0.3, 0.4) is 0 Å². The third-order valence-electron chi connectivity index (χ3n) is 2.27.